The Bertz CT molecular complexity index is 1090. The Hall–Kier alpha value is -3.33. The molecule has 3 nitrogen and oxygen atoms in total. The maximum atomic E-state index is 13.8. The number of aromatic nitrogens is 1. The van der Waals surface area contributed by atoms with Crippen LogP contribution in [0.1, 0.15) is 38.4 Å². The van der Waals surface area contributed by atoms with Crippen molar-refractivity contribution >= 4 is 11.5 Å². The number of carbonyl (C=O) groups is 1. The molecule has 0 radical (unpaired) electrons. The summed E-state index contributed by atoms with van der Waals surface area (Å²) in [5, 5.41) is 0. The van der Waals surface area contributed by atoms with Crippen LogP contribution in [0.25, 0.3) is 5.76 Å². The third kappa shape index (κ3) is 6.42. The monoisotopic (exact) mass is 529 g/mol. The van der Waals surface area contributed by atoms with Crippen molar-refractivity contribution in [3.8, 4) is 0 Å². The molecular weight excluding hydrogens is 521 g/mol. The van der Waals surface area contributed by atoms with Crippen molar-refractivity contribution < 1.29 is 66.6 Å². The molecule has 0 unspecified atom stereocenters. The third-order valence-electron chi connectivity index (χ3n) is 4.14. The summed E-state index contributed by atoms with van der Waals surface area (Å²) in [6.45, 7) is 0. The van der Waals surface area contributed by atoms with Crippen molar-refractivity contribution in [3.05, 3.63) is 69.8 Å². The molecule has 0 aliphatic carbocycles. The summed E-state index contributed by atoms with van der Waals surface area (Å²) < 4.78 is 174. The lowest BCUT2D eigenvalue weighted by Crippen LogP contribution is -2.17. The van der Waals surface area contributed by atoms with Crippen LogP contribution < -0.4 is 0 Å². The van der Waals surface area contributed by atoms with Crippen molar-refractivity contribution in [2.75, 3.05) is 7.11 Å². The first-order chi connectivity index (χ1) is 15.7. The van der Waals surface area contributed by atoms with E-state index >= 15 is 0 Å². The number of rotatable bonds is 4. The molecule has 1 heterocycles. The zero-order valence-corrected chi connectivity index (χ0v) is 16.6. The van der Waals surface area contributed by atoms with E-state index in [4.69, 9.17) is 0 Å². The number of nitrogens with zero attached hydrogens (tertiary/aromatic N) is 1. The van der Waals surface area contributed by atoms with Gasteiger partial charge in [0.1, 0.15) is 23.0 Å². The van der Waals surface area contributed by atoms with Gasteiger partial charge in [0.05, 0.1) is 18.2 Å². The van der Waals surface area contributed by atoms with E-state index in [-0.39, 0.29) is 30.3 Å². The Morgan fingerprint density at radius 1 is 0.714 bits per heavy atom. The predicted octanol–water partition coefficient (Wildman–Crippen LogP) is 7.17. The standard InChI is InChI=1S/C19H8F13NO2/c1-35-12(8-4-13(18(27,28)29)33-14(5-8)19(30,31)32)6-11(34)7-2-9(16(21,22)23)15(20)10(3-7)17(24,25)26/h2-6H,1H3/b12-6-. The van der Waals surface area contributed by atoms with Crippen LogP contribution in [0, 0.1) is 5.82 Å². The normalized spacial score (nSPS) is 13.7. The fourth-order valence-electron chi connectivity index (χ4n) is 2.61. The summed E-state index contributed by atoms with van der Waals surface area (Å²) >= 11 is 0. The molecule has 192 valence electrons. The molecule has 0 spiro atoms. The van der Waals surface area contributed by atoms with Crippen molar-refractivity contribution in [3.63, 3.8) is 0 Å². The summed E-state index contributed by atoms with van der Waals surface area (Å²) in [6.07, 6.45) is -22.2. The number of benzene rings is 1. The largest absolute Gasteiger partial charge is 0.496 e. The molecule has 0 aliphatic rings. The number of ether oxygens (including phenoxy) is 1. The first kappa shape index (κ1) is 27.9. The van der Waals surface area contributed by atoms with Crippen molar-refractivity contribution in [2.24, 2.45) is 0 Å². The number of pyridine rings is 1. The number of ketones is 1. The molecule has 1 aromatic carbocycles. The lowest BCUT2D eigenvalue weighted by molar-refractivity contribution is -0.150. The lowest BCUT2D eigenvalue weighted by atomic mass is 10.00. The molecule has 2 rings (SSSR count). The van der Waals surface area contributed by atoms with Gasteiger partial charge in [-0.15, -0.1) is 0 Å². The number of carbonyl (C=O) groups excluding carboxylic acids is 1. The van der Waals surface area contributed by atoms with E-state index in [1.54, 1.807) is 0 Å². The molecule has 0 amide bonds. The fraction of sp³-hybridized carbons (Fsp3) is 0.263. The van der Waals surface area contributed by atoms with Gasteiger partial charge in [0.15, 0.2) is 5.78 Å². The molecule has 0 saturated heterocycles. The first-order valence-corrected chi connectivity index (χ1v) is 8.61. The number of alkyl halides is 12. The molecule has 0 fully saturated rings. The average molecular weight is 529 g/mol. The quantitative estimate of drug-likeness (QED) is 0.183. The zero-order chi connectivity index (χ0) is 27.1. The SMILES string of the molecule is CO/C(=C\C(=O)c1cc(C(F)(F)F)c(F)c(C(F)(F)F)c1)c1cc(C(F)(F)F)nc(C(F)(F)F)c1. The number of allylic oxidation sites excluding steroid dienone is 1. The second kappa shape index (κ2) is 9.03. The van der Waals surface area contributed by atoms with Gasteiger partial charge in [0, 0.05) is 17.2 Å². The Morgan fingerprint density at radius 2 is 1.11 bits per heavy atom. The maximum Gasteiger partial charge on any atom is 0.433 e. The van der Waals surface area contributed by atoms with Gasteiger partial charge in [-0.05, 0) is 24.3 Å². The van der Waals surface area contributed by atoms with E-state index in [2.05, 4.69) is 9.72 Å². The lowest BCUT2D eigenvalue weighted by Gasteiger charge is -2.16. The summed E-state index contributed by atoms with van der Waals surface area (Å²) in [5.74, 6) is -5.62. The van der Waals surface area contributed by atoms with Gasteiger partial charge in [-0.25, -0.2) is 9.37 Å². The average Bonchev–Trinajstić information content (AvgIpc) is 2.68. The highest BCUT2D eigenvalue weighted by atomic mass is 19.4. The van der Waals surface area contributed by atoms with E-state index in [1.807, 2.05) is 0 Å². The molecule has 2 aromatic rings. The third-order valence-corrected chi connectivity index (χ3v) is 4.14. The number of hydrogen-bond donors (Lipinski definition) is 0. The van der Waals surface area contributed by atoms with Gasteiger partial charge in [-0.1, -0.05) is 0 Å². The molecule has 16 heteroatoms. The molecule has 0 N–H and O–H groups in total. The van der Waals surface area contributed by atoms with Gasteiger partial charge in [0.25, 0.3) is 0 Å². The van der Waals surface area contributed by atoms with Crippen molar-refractivity contribution in [1.29, 1.82) is 0 Å². The van der Waals surface area contributed by atoms with Gasteiger partial charge >= 0.3 is 24.7 Å². The van der Waals surface area contributed by atoms with Crippen LogP contribution in [0.4, 0.5) is 57.1 Å². The molecule has 35 heavy (non-hydrogen) atoms. The topological polar surface area (TPSA) is 39.2 Å². The molecule has 0 saturated carbocycles. The maximum absolute atomic E-state index is 13.8. The van der Waals surface area contributed by atoms with Crippen LogP contribution in [0.15, 0.2) is 30.3 Å². The summed E-state index contributed by atoms with van der Waals surface area (Å²) in [4.78, 5) is 14.8. The first-order valence-electron chi connectivity index (χ1n) is 8.61. The van der Waals surface area contributed by atoms with Gasteiger partial charge in [-0.2, -0.15) is 52.7 Å². The summed E-state index contributed by atoms with van der Waals surface area (Å²) in [7, 11) is 0.646. The zero-order valence-electron chi connectivity index (χ0n) is 16.6. The minimum atomic E-state index is -5.69. The Labute approximate surface area is 185 Å². The second-order valence-electron chi connectivity index (χ2n) is 6.58. The van der Waals surface area contributed by atoms with Crippen molar-refractivity contribution in [2.45, 2.75) is 24.7 Å². The highest BCUT2D eigenvalue weighted by Crippen LogP contribution is 2.40. The second-order valence-corrected chi connectivity index (χ2v) is 6.58. The summed E-state index contributed by atoms with van der Waals surface area (Å²) in [5.41, 5.74) is -11.6. The van der Waals surface area contributed by atoms with Crippen LogP contribution in [0.2, 0.25) is 0 Å². The molecule has 0 atom stereocenters. The molecule has 0 bridgehead atoms. The molecular formula is C19H8F13NO2. The minimum Gasteiger partial charge on any atom is -0.496 e. The van der Waals surface area contributed by atoms with E-state index in [0.29, 0.717) is 7.11 Å². The fourth-order valence-corrected chi connectivity index (χ4v) is 2.61. The van der Waals surface area contributed by atoms with Gasteiger partial charge in [-0.3, -0.25) is 4.79 Å². The highest BCUT2D eigenvalue weighted by molar-refractivity contribution is 6.08. The minimum absolute atomic E-state index is 0.00476. The van der Waals surface area contributed by atoms with Crippen LogP contribution in [0.3, 0.4) is 0 Å². The number of hydrogen-bond acceptors (Lipinski definition) is 3. The number of methoxy groups -OCH3 is 1. The van der Waals surface area contributed by atoms with Crippen LogP contribution >= 0.6 is 0 Å². The number of halogens is 13. The molecule has 0 aliphatic heterocycles. The van der Waals surface area contributed by atoms with Crippen LogP contribution in [-0.2, 0) is 29.4 Å². The Morgan fingerprint density at radius 3 is 1.43 bits per heavy atom. The van der Waals surface area contributed by atoms with Crippen LogP contribution in [-0.4, -0.2) is 17.9 Å². The van der Waals surface area contributed by atoms with E-state index in [0.717, 1.165) is 0 Å². The van der Waals surface area contributed by atoms with Gasteiger partial charge < -0.3 is 4.74 Å². The predicted molar refractivity (Wildman–Crippen MR) is 90.0 cm³/mol. The smallest absolute Gasteiger partial charge is 0.433 e. The molecule has 1 aromatic heterocycles. The summed E-state index contributed by atoms with van der Waals surface area (Å²) in [6, 6.07) is -0.591. The Balaban J connectivity index is 2.73. The Kier molecular flexibility index (Phi) is 7.20. The highest BCUT2D eigenvalue weighted by Gasteiger charge is 2.43. The van der Waals surface area contributed by atoms with Crippen LogP contribution in [0.5, 0.6) is 0 Å². The van der Waals surface area contributed by atoms with Gasteiger partial charge in [0.2, 0.25) is 0 Å². The van der Waals surface area contributed by atoms with E-state index < -0.39 is 75.7 Å². The van der Waals surface area contributed by atoms with E-state index in [1.165, 1.54) is 0 Å². The van der Waals surface area contributed by atoms with E-state index in [9.17, 15) is 61.9 Å². The van der Waals surface area contributed by atoms with Crippen molar-refractivity contribution in [1.82, 2.24) is 4.98 Å².